The fraction of sp³-hybridized carbons (Fsp3) is 0.250. The molecule has 1 aliphatic rings. The Morgan fingerprint density at radius 3 is 3.13 bits per heavy atom. The number of amides is 1. The smallest absolute Gasteiger partial charge is 0.275 e. The molecule has 1 amide bonds. The van der Waals surface area contributed by atoms with Gasteiger partial charge in [-0.2, -0.15) is 5.10 Å². The van der Waals surface area contributed by atoms with E-state index in [-0.39, 0.29) is 11.9 Å². The Morgan fingerprint density at radius 2 is 2.26 bits per heavy atom. The van der Waals surface area contributed by atoms with Crippen molar-refractivity contribution in [3.63, 3.8) is 0 Å². The van der Waals surface area contributed by atoms with E-state index in [1.807, 2.05) is 17.9 Å². The summed E-state index contributed by atoms with van der Waals surface area (Å²) >= 11 is 3.36. The van der Waals surface area contributed by atoms with E-state index in [9.17, 15) is 4.79 Å². The molecule has 3 aromatic heterocycles. The van der Waals surface area contributed by atoms with Gasteiger partial charge in [-0.05, 0) is 40.9 Å². The van der Waals surface area contributed by atoms with Gasteiger partial charge < -0.3 is 4.90 Å². The molecule has 0 bridgehead atoms. The number of hydrogen-bond acceptors (Lipinski definition) is 4. The molecule has 0 radical (unpaired) electrons. The Hall–Kier alpha value is -2.28. The van der Waals surface area contributed by atoms with E-state index >= 15 is 0 Å². The summed E-state index contributed by atoms with van der Waals surface area (Å²) < 4.78 is 2.43. The number of nitrogens with zero attached hydrogens (tertiary/aromatic N) is 5. The van der Waals surface area contributed by atoms with Crippen molar-refractivity contribution in [2.45, 2.75) is 19.4 Å². The second-order valence-corrected chi connectivity index (χ2v) is 6.49. The van der Waals surface area contributed by atoms with Crippen LogP contribution in [0.15, 0.2) is 41.3 Å². The first-order chi connectivity index (χ1) is 11.1. The minimum absolute atomic E-state index is 0.0584. The highest BCUT2D eigenvalue weighted by atomic mass is 79.9. The summed E-state index contributed by atoms with van der Waals surface area (Å²) in [6.45, 7) is 2.68. The quantitative estimate of drug-likeness (QED) is 0.659. The molecule has 0 saturated heterocycles. The van der Waals surface area contributed by atoms with Gasteiger partial charge in [-0.1, -0.05) is 6.07 Å². The number of pyridine rings is 1. The van der Waals surface area contributed by atoms with Crippen LogP contribution in [0.4, 0.5) is 0 Å². The number of fused-ring (bicyclic) bond motifs is 2. The molecule has 6 nitrogen and oxygen atoms in total. The van der Waals surface area contributed by atoms with Crippen LogP contribution in [0.2, 0.25) is 0 Å². The van der Waals surface area contributed by atoms with Crippen LogP contribution in [0.1, 0.15) is 34.7 Å². The van der Waals surface area contributed by atoms with Gasteiger partial charge in [-0.15, -0.1) is 0 Å². The first-order valence-electron chi connectivity index (χ1n) is 7.39. The monoisotopic (exact) mass is 371 g/mol. The van der Waals surface area contributed by atoms with Crippen molar-refractivity contribution < 1.29 is 4.79 Å². The highest BCUT2D eigenvalue weighted by molar-refractivity contribution is 9.10. The first-order valence-corrected chi connectivity index (χ1v) is 8.18. The molecule has 1 aliphatic heterocycles. The van der Waals surface area contributed by atoms with E-state index in [1.54, 1.807) is 29.2 Å². The average molecular weight is 372 g/mol. The predicted molar refractivity (Wildman–Crippen MR) is 88.1 cm³/mol. The Bertz CT molecular complexity index is 906. The molecule has 0 fully saturated rings. The number of aromatic nitrogens is 4. The summed E-state index contributed by atoms with van der Waals surface area (Å²) in [5, 5.41) is 4.35. The van der Waals surface area contributed by atoms with Gasteiger partial charge in [-0.25, -0.2) is 9.50 Å². The van der Waals surface area contributed by atoms with Crippen LogP contribution in [0.25, 0.3) is 5.65 Å². The van der Waals surface area contributed by atoms with Crippen molar-refractivity contribution in [2.75, 3.05) is 6.54 Å². The van der Waals surface area contributed by atoms with Crippen LogP contribution in [-0.4, -0.2) is 36.9 Å². The maximum absolute atomic E-state index is 12.9. The number of hydrogen-bond donors (Lipinski definition) is 0. The SMILES string of the molecule is CC1c2ncccc2CCN1C(=O)c1cc2ncc(Br)cn2n1. The molecule has 0 saturated carbocycles. The Kier molecular flexibility index (Phi) is 3.37. The molecule has 3 aromatic rings. The van der Waals surface area contributed by atoms with Gasteiger partial charge in [-0.3, -0.25) is 9.78 Å². The van der Waals surface area contributed by atoms with E-state index in [4.69, 9.17) is 0 Å². The molecule has 1 unspecified atom stereocenters. The molecule has 0 spiro atoms. The van der Waals surface area contributed by atoms with Gasteiger partial charge >= 0.3 is 0 Å². The van der Waals surface area contributed by atoms with Gasteiger partial charge in [0.05, 0.1) is 16.2 Å². The molecule has 0 N–H and O–H groups in total. The van der Waals surface area contributed by atoms with E-state index in [0.29, 0.717) is 17.9 Å². The fourth-order valence-corrected chi connectivity index (χ4v) is 3.30. The third kappa shape index (κ3) is 2.41. The van der Waals surface area contributed by atoms with Gasteiger partial charge in [0.2, 0.25) is 0 Å². The zero-order chi connectivity index (χ0) is 16.0. The van der Waals surface area contributed by atoms with Crippen molar-refractivity contribution in [3.05, 3.63) is 58.2 Å². The van der Waals surface area contributed by atoms with Crippen molar-refractivity contribution in [1.82, 2.24) is 24.5 Å². The lowest BCUT2D eigenvalue weighted by atomic mass is 9.98. The Morgan fingerprint density at radius 1 is 1.39 bits per heavy atom. The van der Waals surface area contributed by atoms with Crippen LogP contribution in [-0.2, 0) is 6.42 Å². The zero-order valence-electron chi connectivity index (χ0n) is 12.5. The topological polar surface area (TPSA) is 63.4 Å². The normalized spacial score (nSPS) is 17.3. The molecule has 23 heavy (non-hydrogen) atoms. The summed E-state index contributed by atoms with van der Waals surface area (Å²) in [5.74, 6) is -0.0876. The lowest BCUT2D eigenvalue weighted by Crippen LogP contribution is -2.39. The van der Waals surface area contributed by atoms with E-state index < -0.39 is 0 Å². The molecule has 0 aliphatic carbocycles. The summed E-state index contributed by atoms with van der Waals surface area (Å²) in [6.07, 6.45) is 6.07. The molecule has 7 heteroatoms. The number of carbonyl (C=O) groups excluding carboxylic acids is 1. The Labute approximate surface area is 141 Å². The third-order valence-electron chi connectivity index (χ3n) is 4.17. The minimum atomic E-state index is -0.0876. The van der Waals surface area contributed by atoms with E-state index in [1.165, 1.54) is 5.56 Å². The highest BCUT2D eigenvalue weighted by Crippen LogP contribution is 2.28. The Balaban J connectivity index is 1.68. The molecular weight excluding hydrogens is 358 g/mol. The molecule has 4 rings (SSSR count). The van der Waals surface area contributed by atoms with E-state index in [0.717, 1.165) is 16.6 Å². The molecule has 0 aromatic carbocycles. The van der Waals surface area contributed by atoms with E-state index in [2.05, 4.69) is 37.1 Å². The second kappa shape index (κ2) is 5.42. The summed E-state index contributed by atoms with van der Waals surface area (Å²) in [4.78, 5) is 23.4. The van der Waals surface area contributed by atoms with Crippen LogP contribution in [0.3, 0.4) is 0 Å². The van der Waals surface area contributed by atoms with Crippen molar-refractivity contribution in [1.29, 1.82) is 0 Å². The first kappa shape index (κ1) is 14.3. The molecule has 4 heterocycles. The fourth-order valence-electron chi connectivity index (χ4n) is 3.00. The second-order valence-electron chi connectivity index (χ2n) is 5.58. The molecular formula is C16H14BrN5O. The van der Waals surface area contributed by atoms with Crippen LogP contribution < -0.4 is 0 Å². The average Bonchev–Trinajstić information content (AvgIpc) is 2.98. The summed E-state index contributed by atoms with van der Waals surface area (Å²) in [7, 11) is 0. The minimum Gasteiger partial charge on any atom is -0.329 e. The molecule has 1 atom stereocenters. The summed E-state index contributed by atoms with van der Waals surface area (Å²) in [5.41, 5.74) is 3.24. The predicted octanol–water partition coefficient (Wildman–Crippen LogP) is 2.65. The van der Waals surface area contributed by atoms with Crippen molar-refractivity contribution in [3.8, 4) is 0 Å². The number of halogens is 1. The third-order valence-corrected chi connectivity index (χ3v) is 4.58. The van der Waals surface area contributed by atoms with Crippen molar-refractivity contribution in [2.24, 2.45) is 0 Å². The van der Waals surface area contributed by atoms with Crippen LogP contribution in [0, 0.1) is 0 Å². The van der Waals surface area contributed by atoms with Crippen LogP contribution in [0.5, 0.6) is 0 Å². The number of carbonyl (C=O) groups is 1. The maximum atomic E-state index is 12.9. The lowest BCUT2D eigenvalue weighted by Gasteiger charge is -2.33. The standard InChI is InChI=1S/C16H14BrN5O/c1-10-15-11(3-2-5-18-15)4-6-21(10)16(23)13-7-14-19-8-12(17)9-22(14)20-13/h2-3,5,7-10H,4,6H2,1H3. The van der Waals surface area contributed by atoms with Gasteiger partial charge in [0.25, 0.3) is 5.91 Å². The lowest BCUT2D eigenvalue weighted by molar-refractivity contribution is 0.0666. The van der Waals surface area contributed by atoms with Gasteiger partial charge in [0.15, 0.2) is 11.3 Å². The van der Waals surface area contributed by atoms with Gasteiger partial charge in [0, 0.05) is 31.2 Å². The van der Waals surface area contributed by atoms with Gasteiger partial charge in [0.1, 0.15) is 0 Å². The van der Waals surface area contributed by atoms with Crippen molar-refractivity contribution >= 4 is 27.5 Å². The number of rotatable bonds is 1. The highest BCUT2D eigenvalue weighted by Gasteiger charge is 2.30. The van der Waals surface area contributed by atoms with Crippen LogP contribution >= 0.6 is 15.9 Å². The zero-order valence-corrected chi connectivity index (χ0v) is 14.1. The molecule has 116 valence electrons. The largest absolute Gasteiger partial charge is 0.329 e. The summed E-state index contributed by atoms with van der Waals surface area (Å²) in [6, 6.07) is 5.67. The maximum Gasteiger partial charge on any atom is 0.275 e.